The summed E-state index contributed by atoms with van der Waals surface area (Å²) in [6.07, 6.45) is -0.827. The Kier molecular flexibility index (Phi) is 5.41. The number of hydrogen-bond donors (Lipinski definition) is 1. The van der Waals surface area contributed by atoms with Gasteiger partial charge in [-0.3, -0.25) is 14.9 Å². The van der Waals surface area contributed by atoms with E-state index in [4.69, 9.17) is 27.9 Å². The molecule has 6 nitrogen and oxygen atoms in total. The van der Waals surface area contributed by atoms with Gasteiger partial charge in [0.05, 0.1) is 15.6 Å². The fourth-order valence-corrected chi connectivity index (χ4v) is 2.07. The molecule has 1 amide bonds. The van der Waals surface area contributed by atoms with Gasteiger partial charge in [0, 0.05) is 17.2 Å². The van der Waals surface area contributed by atoms with Gasteiger partial charge in [-0.25, -0.2) is 0 Å². The lowest BCUT2D eigenvalue weighted by Gasteiger charge is -2.15. The third-order valence-corrected chi connectivity index (χ3v) is 3.48. The fraction of sp³-hybridized carbons (Fsp3) is 0.133. The van der Waals surface area contributed by atoms with E-state index in [1.807, 2.05) is 0 Å². The van der Waals surface area contributed by atoms with Gasteiger partial charge in [-0.1, -0.05) is 23.2 Å². The van der Waals surface area contributed by atoms with Crippen LogP contribution in [0.4, 0.5) is 11.4 Å². The molecule has 2 aromatic carbocycles. The van der Waals surface area contributed by atoms with Crippen molar-refractivity contribution in [1.82, 2.24) is 0 Å². The molecular weight excluding hydrogens is 343 g/mol. The molecule has 0 heterocycles. The number of nitro benzene ring substituents is 1. The number of nitrogens with one attached hydrogen (secondary N) is 1. The summed E-state index contributed by atoms with van der Waals surface area (Å²) in [6, 6.07) is 10.2. The number of benzene rings is 2. The summed E-state index contributed by atoms with van der Waals surface area (Å²) < 4.78 is 5.44. The standard InChI is InChI=1S/C15H12Cl2N2O4/c1-9(23-12-5-3-11(4-6-12)19(21)22)15(20)18-14-8-10(16)2-7-13(14)17/h2-9H,1H3,(H,18,20)/t9-/m1/s1. The summed E-state index contributed by atoms with van der Waals surface area (Å²) >= 11 is 11.8. The van der Waals surface area contributed by atoms with E-state index in [2.05, 4.69) is 5.32 Å². The Morgan fingerprint density at radius 3 is 2.48 bits per heavy atom. The Morgan fingerprint density at radius 1 is 1.22 bits per heavy atom. The van der Waals surface area contributed by atoms with Gasteiger partial charge in [0.1, 0.15) is 5.75 Å². The molecule has 0 radical (unpaired) electrons. The highest BCUT2D eigenvalue weighted by molar-refractivity contribution is 6.35. The number of ether oxygens (including phenoxy) is 1. The van der Waals surface area contributed by atoms with Crippen molar-refractivity contribution in [2.75, 3.05) is 5.32 Å². The number of hydrogen-bond acceptors (Lipinski definition) is 4. The number of rotatable bonds is 5. The van der Waals surface area contributed by atoms with Crippen molar-refractivity contribution in [3.05, 3.63) is 62.6 Å². The van der Waals surface area contributed by atoms with Crippen LogP contribution in [0.25, 0.3) is 0 Å². The lowest BCUT2D eigenvalue weighted by Crippen LogP contribution is -2.30. The fourth-order valence-electron chi connectivity index (χ4n) is 1.73. The van der Waals surface area contributed by atoms with Crippen molar-refractivity contribution >= 4 is 40.5 Å². The zero-order valence-corrected chi connectivity index (χ0v) is 13.5. The van der Waals surface area contributed by atoms with Gasteiger partial charge in [-0.15, -0.1) is 0 Å². The maximum absolute atomic E-state index is 12.1. The van der Waals surface area contributed by atoms with Crippen LogP contribution in [-0.2, 0) is 4.79 Å². The van der Waals surface area contributed by atoms with E-state index in [1.54, 1.807) is 19.1 Å². The number of nitro groups is 1. The molecule has 1 N–H and O–H groups in total. The molecule has 0 fully saturated rings. The van der Waals surface area contributed by atoms with Crippen LogP contribution in [0.3, 0.4) is 0 Å². The van der Waals surface area contributed by atoms with Crippen LogP contribution in [0.1, 0.15) is 6.92 Å². The highest BCUT2D eigenvalue weighted by Gasteiger charge is 2.17. The molecule has 8 heteroatoms. The quantitative estimate of drug-likeness (QED) is 0.640. The molecule has 0 aliphatic carbocycles. The summed E-state index contributed by atoms with van der Waals surface area (Å²) in [6.45, 7) is 1.55. The van der Waals surface area contributed by atoms with Gasteiger partial charge in [0.15, 0.2) is 6.10 Å². The van der Waals surface area contributed by atoms with E-state index in [0.717, 1.165) is 0 Å². The van der Waals surface area contributed by atoms with Crippen molar-refractivity contribution in [3.63, 3.8) is 0 Å². The Balaban J connectivity index is 2.02. The molecule has 2 aromatic rings. The largest absolute Gasteiger partial charge is 0.481 e. The summed E-state index contributed by atoms with van der Waals surface area (Å²) in [4.78, 5) is 22.2. The first-order chi connectivity index (χ1) is 10.9. The zero-order chi connectivity index (χ0) is 17.0. The minimum Gasteiger partial charge on any atom is -0.481 e. The lowest BCUT2D eigenvalue weighted by atomic mass is 10.2. The topological polar surface area (TPSA) is 81.5 Å². The van der Waals surface area contributed by atoms with Gasteiger partial charge in [0.25, 0.3) is 11.6 Å². The second-order valence-corrected chi connectivity index (χ2v) is 5.47. The van der Waals surface area contributed by atoms with E-state index >= 15 is 0 Å². The number of amides is 1. The molecule has 23 heavy (non-hydrogen) atoms. The molecule has 2 rings (SSSR count). The van der Waals surface area contributed by atoms with Crippen LogP contribution in [0.15, 0.2) is 42.5 Å². The Labute approximate surface area is 142 Å². The number of nitrogens with zero attached hydrogens (tertiary/aromatic N) is 1. The maximum Gasteiger partial charge on any atom is 0.269 e. The molecule has 0 saturated heterocycles. The second-order valence-electron chi connectivity index (χ2n) is 4.62. The molecule has 0 aromatic heterocycles. The van der Waals surface area contributed by atoms with Gasteiger partial charge < -0.3 is 10.1 Å². The number of carbonyl (C=O) groups is 1. The normalized spacial score (nSPS) is 11.6. The smallest absolute Gasteiger partial charge is 0.269 e. The van der Waals surface area contributed by atoms with Crippen LogP contribution in [0.5, 0.6) is 5.75 Å². The molecule has 1 atom stereocenters. The third-order valence-electron chi connectivity index (χ3n) is 2.92. The molecule has 0 aliphatic heterocycles. The summed E-state index contributed by atoms with van der Waals surface area (Å²) in [7, 11) is 0. The SMILES string of the molecule is C[C@@H](Oc1ccc([N+](=O)[O-])cc1)C(=O)Nc1cc(Cl)ccc1Cl. The molecule has 0 spiro atoms. The van der Waals surface area contributed by atoms with Crippen LogP contribution in [0.2, 0.25) is 10.0 Å². The van der Waals surface area contributed by atoms with E-state index in [0.29, 0.717) is 21.5 Å². The van der Waals surface area contributed by atoms with Crippen molar-refractivity contribution < 1.29 is 14.5 Å². The predicted octanol–water partition coefficient (Wildman–Crippen LogP) is 4.31. The lowest BCUT2D eigenvalue weighted by molar-refractivity contribution is -0.384. The minimum absolute atomic E-state index is 0.0554. The van der Waals surface area contributed by atoms with E-state index in [-0.39, 0.29) is 5.69 Å². The number of anilines is 1. The Hall–Kier alpha value is -2.31. The molecule has 0 unspecified atom stereocenters. The van der Waals surface area contributed by atoms with Crippen LogP contribution < -0.4 is 10.1 Å². The van der Waals surface area contributed by atoms with Crippen molar-refractivity contribution in [3.8, 4) is 5.75 Å². The van der Waals surface area contributed by atoms with Crippen LogP contribution >= 0.6 is 23.2 Å². The minimum atomic E-state index is -0.827. The average Bonchev–Trinajstić information content (AvgIpc) is 2.51. The van der Waals surface area contributed by atoms with Crippen LogP contribution in [0, 0.1) is 10.1 Å². The first-order valence-electron chi connectivity index (χ1n) is 6.54. The van der Waals surface area contributed by atoms with Crippen molar-refractivity contribution in [1.29, 1.82) is 0 Å². The highest BCUT2D eigenvalue weighted by Crippen LogP contribution is 2.26. The first kappa shape index (κ1) is 17.1. The Bertz CT molecular complexity index is 735. The summed E-state index contributed by atoms with van der Waals surface area (Å²) in [5, 5.41) is 14.0. The average molecular weight is 355 g/mol. The second kappa shape index (κ2) is 7.30. The summed E-state index contributed by atoms with van der Waals surface area (Å²) in [5.74, 6) is -0.0806. The molecule has 120 valence electrons. The third kappa shape index (κ3) is 4.58. The van der Waals surface area contributed by atoms with Gasteiger partial charge >= 0.3 is 0 Å². The number of carbonyl (C=O) groups excluding carboxylic acids is 1. The Morgan fingerprint density at radius 2 is 1.87 bits per heavy atom. The van der Waals surface area contributed by atoms with Gasteiger partial charge in [0.2, 0.25) is 0 Å². The first-order valence-corrected chi connectivity index (χ1v) is 7.29. The van der Waals surface area contributed by atoms with Gasteiger partial charge in [-0.2, -0.15) is 0 Å². The highest BCUT2D eigenvalue weighted by atomic mass is 35.5. The molecule has 0 saturated carbocycles. The zero-order valence-electron chi connectivity index (χ0n) is 12.0. The van der Waals surface area contributed by atoms with Gasteiger partial charge in [-0.05, 0) is 37.3 Å². The molecular formula is C15H12Cl2N2O4. The van der Waals surface area contributed by atoms with Crippen LogP contribution in [-0.4, -0.2) is 16.9 Å². The maximum atomic E-state index is 12.1. The van der Waals surface area contributed by atoms with E-state index in [1.165, 1.54) is 30.3 Å². The van der Waals surface area contributed by atoms with E-state index < -0.39 is 16.9 Å². The molecule has 0 bridgehead atoms. The predicted molar refractivity (Wildman–Crippen MR) is 88.3 cm³/mol. The summed E-state index contributed by atoms with van der Waals surface area (Å²) in [5.41, 5.74) is 0.323. The molecule has 0 aliphatic rings. The number of non-ortho nitro benzene ring substituents is 1. The number of halogens is 2. The van der Waals surface area contributed by atoms with E-state index in [9.17, 15) is 14.9 Å². The van der Waals surface area contributed by atoms with Crippen molar-refractivity contribution in [2.45, 2.75) is 13.0 Å². The monoisotopic (exact) mass is 354 g/mol. The van der Waals surface area contributed by atoms with Crippen molar-refractivity contribution in [2.24, 2.45) is 0 Å².